The van der Waals surface area contributed by atoms with Crippen molar-refractivity contribution in [3.8, 4) is 0 Å². The topological polar surface area (TPSA) is 20.2 Å². The Hall–Kier alpha value is -0.300. The van der Waals surface area contributed by atoms with E-state index in [-0.39, 0.29) is 6.10 Å². The molecule has 4 fully saturated rings. The summed E-state index contributed by atoms with van der Waals surface area (Å²) < 4.78 is 0. The van der Waals surface area contributed by atoms with Crippen molar-refractivity contribution in [2.45, 2.75) is 46.1 Å². The zero-order chi connectivity index (χ0) is 11.7. The predicted octanol–water partition coefficient (Wildman–Crippen LogP) is 3.24. The minimum absolute atomic E-state index is 0.0617. The van der Waals surface area contributed by atoms with Crippen LogP contribution in [0.5, 0.6) is 0 Å². The Morgan fingerprint density at radius 2 is 2.12 bits per heavy atom. The fraction of sp³-hybridized carbons (Fsp3) is 0.867. The molecule has 0 spiro atoms. The van der Waals surface area contributed by atoms with Crippen molar-refractivity contribution in [2.75, 3.05) is 0 Å². The third-order valence-electron chi connectivity index (χ3n) is 5.93. The van der Waals surface area contributed by atoms with E-state index in [4.69, 9.17) is 0 Å². The van der Waals surface area contributed by atoms with Gasteiger partial charge in [0.15, 0.2) is 0 Å². The van der Waals surface area contributed by atoms with Gasteiger partial charge in [-0.3, -0.25) is 0 Å². The van der Waals surface area contributed by atoms with Crippen LogP contribution in [0.1, 0.15) is 40.0 Å². The Balaban J connectivity index is 1.96. The maximum absolute atomic E-state index is 10.3. The molecule has 0 amide bonds. The van der Waals surface area contributed by atoms with Crippen LogP contribution in [0.3, 0.4) is 0 Å². The van der Waals surface area contributed by atoms with E-state index in [0.717, 1.165) is 24.2 Å². The van der Waals surface area contributed by atoms with E-state index in [2.05, 4.69) is 27.4 Å². The highest BCUT2D eigenvalue weighted by molar-refractivity contribution is 5.27. The van der Waals surface area contributed by atoms with Gasteiger partial charge in [-0.2, -0.15) is 0 Å². The number of aliphatic hydroxyl groups is 1. The predicted molar refractivity (Wildman–Crippen MR) is 65.9 cm³/mol. The van der Waals surface area contributed by atoms with Crippen LogP contribution in [0, 0.1) is 35.0 Å². The molecule has 90 valence electrons. The summed E-state index contributed by atoms with van der Waals surface area (Å²) >= 11 is 0. The molecule has 1 nitrogen and oxygen atoms in total. The first-order chi connectivity index (χ1) is 7.47. The monoisotopic (exact) mass is 220 g/mol. The van der Waals surface area contributed by atoms with Gasteiger partial charge in [-0.05, 0) is 54.3 Å². The van der Waals surface area contributed by atoms with E-state index in [9.17, 15) is 5.11 Å². The maximum Gasteiger partial charge on any atom is 0.0579 e. The van der Waals surface area contributed by atoms with Gasteiger partial charge in [0.2, 0.25) is 0 Å². The number of hydrogen-bond acceptors (Lipinski definition) is 1. The summed E-state index contributed by atoms with van der Waals surface area (Å²) in [7, 11) is 0. The SMILES string of the molecule is C=C1CC[C@@H]2[C@H]3[C@@H](C(C)C)[C@H](O)C[C@]2(C)[C@H]13. The van der Waals surface area contributed by atoms with Crippen molar-refractivity contribution in [3.05, 3.63) is 12.2 Å². The van der Waals surface area contributed by atoms with Crippen molar-refractivity contribution < 1.29 is 5.11 Å². The van der Waals surface area contributed by atoms with Crippen molar-refractivity contribution in [2.24, 2.45) is 35.0 Å². The van der Waals surface area contributed by atoms with E-state index in [1.807, 2.05) is 0 Å². The summed E-state index contributed by atoms with van der Waals surface area (Å²) in [5.74, 6) is 3.48. The summed E-state index contributed by atoms with van der Waals surface area (Å²) in [5, 5.41) is 10.3. The molecule has 0 heterocycles. The lowest BCUT2D eigenvalue weighted by molar-refractivity contribution is -0.234. The highest BCUT2D eigenvalue weighted by atomic mass is 16.3. The number of allylic oxidation sites excluding steroid dienone is 1. The standard InChI is InChI=1S/C15H24O/c1-8(2)12-11(16)7-15(4)10-6-5-9(3)14(15)13(10)12/h8,10-14,16H,3,5-7H2,1-2,4H3/t10-,11-,12+,13+,14-,15+/m1/s1. The molecular weight excluding hydrogens is 196 g/mol. The fourth-order valence-electron chi connectivity index (χ4n) is 5.48. The van der Waals surface area contributed by atoms with E-state index in [0.29, 0.717) is 17.3 Å². The highest BCUT2D eigenvalue weighted by Crippen LogP contribution is 2.72. The van der Waals surface area contributed by atoms with Gasteiger partial charge >= 0.3 is 0 Å². The summed E-state index contributed by atoms with van der Waals surface area (Å²) in [6, 6.07) is 0. The number of fused-ring (bicyclic) bond motifs is 2. The Morgan fingerprint density at radius 3 is 2.69 bits per heavy atom. The average molecular weight is 220 g/mol. The number of aliphatic hydroxyl groups excluding tert-OH is 1. The van der Waals surface area contributed by atoms with E-state index >= 15 is 0 Å². The van der Waals surface area contributed by atoms with Crippen molar-refractivity contribution >= 4 is 0 Å². The van der Waals surface area contributed by atoms with Crippen molar-refractivity contribution in [1.82, 2.24) is 0 Å². The van der Waals surface area contributed by atoms with Crippen LogP contribution in [0.25, 0.3) is 0 Å². The van der Waals surface area contributed by atoms with Crippen LogP contribution < -0.4 is 0 Å². The zero-order valence-corrected chi connectivity index (χ0v) is 10.7. The van der Waals surface area contributed by atoms with Crippen LogP contribution in [0.15, 0.2) is 12.2 Å². The molecule has 4 saturated carbocycles. The summed E-state index contributed by atoms with van der Waals surface area (Å²) in [4.78, 5) is 0. The molecular formula is C15H24O. The largest absolute Gasteiger partial charge is 0.393 e. The molecule has 0 aromatic carbocycles. The van der Waals surface area contributed by atoms with Crippen LogP contribution >= 0.6 is 0 Å². The second-order valence-electron chi connectivity index (χ2n) is 6.96. The molecule has 0 aromatic heterocycles. The number of hydrogen-bond donors (Lipinski definition) is 1. The van der Waals surface area contributed by atoms with E-state index < -0.39 is 0 Å². The third-order valence-corrected chi connectivity index (χ3v) is 5.93. The average Bonchev–Trinajstić information content (AvgIpc) is 2.15. The molecule has 16 heavy (non-hydrogen) atoms. The maximum atomic E-state index is 10.3. The lowest BCUT2D eigenvalue weighted by atomic mass is 9.33. The van der Waals surface area contributed by atoms with Gasteiger partial charge in [-0.25, -0.2) is 0 Å². The van der Waals surface area contributed by atoms with Gasteiger partial charge in [0, 0.05) is 0 Å². The molecule has 0 aliphatic heterocycles. The minimum Gasteiger partial charge on any atom is -0.393 e. The Bertz CT molecular complexity index is 332. The fourth-order valence-corrected chi connectivity index (χ4v) is 5.48. The first-order valence-corrected chi connectivity index (χ1v) is 6.82. The molecule has 4 rings (SSSR count). The molecule has 1 N–H and O–H groups in total. The van der Waals surface area contributed by atoms with Gasteiger partial charge in [0.1, 0.15) is 0 Å². The smallest absolute Gasteiger partial charge is 0.0579 e. The zero-order valence-electron chi connectivity index (χ0n) is 10.7. The molecule has 6 atom stereocenters. The molecule has 4 aliphatic rings. The summed E-state index contributed by atoms with van der Waals surface area (Å²) in [6.45, 7) is 11.2. The van der Waals surface area contributed by atoms with Gasteiger partial charge in [-0.1, -0.05) is 32.9 Å². The van der Waals surface area contributed by atoms with Crippen LogP contribution in [-0.4, -0.2) is 11.2 Å². The van der Waals surface area contributed by atoms with Gasteiger partial charge in [0.05, 0.1) is 6.10 Å². The summed E-state index contributed by atoms with van der Waals surface area (Å²) in [5.41, 5.74) is 1.87. The number of rotatable bonds is 1. The lowest BCUT2D eigenvalue weighted by Gasteiger charge is -2.72. The third kappa shape index (κ3) is 1.06. The molecule has 0 aromatic rings. The Labute approximate surface area is 98.9 Å². The quantitative estimate of drug-likeness (QED) is 0.673. The second-order valence-corrected chi connectivity index (χ2v) is 6.96. The van der Waals surface area contributed by atoms with Gasteiger partial charge in [-0.15, -0.1) is 0 Å². The van der Waals surface area contributed by atoms with E-state index in [1.165, 1.54) is 18.4 Å². The van der Waals surface area contributed by atoms with Crippen LogP contribution in [-0.2, 0) is 0 Å². The normalized spacial score (nSPS) is 55.1. The second kappa shape index (κ2) is 3.13. The van der Waals surface area contributed by atoms with Crippen LogP contribution in [0.2, 0.25) is 0 Å². The highest BCUT2D eigenvalue weighted by Gasteiger charge is 2.68. The van der Waals surface area contributed by atoms with Gasteiger partial charge < -0.3 is 5.11 Å². The molecule has 4 aliphatic carbocycles. The molecule has 1 heteroatoms. The first kappa shape index (κ1) is 10.8. The van der Waals surface area contributed by atoms with Crippen molar-refractivity contribution in [3.63, 3.8) is 0 Å². The minimum atomic E-state index is -0.0617. The first-order valence-electron chi connectivity index (χ1n) is 6.82. The van der Waals surface area contributed by atoms with E-state index in [1.54, 1.807) is 0 Å². The van der Waals surface area contributed by atoms with Crippen LogP contribution in [0.4, 0.5) is 0 Å². The molecule has 0 saturated heterocycles. The lowest BCUT2D eigenvalue weighted by Crippen LogP contribution is -2.68. The molecule has 4 bridgehead atoms. The Kier molecular flexibility index (Phi) is 2.12. The molecule has 0 unspecified atom stereocenters. The molecule has 0 radical (unpaired) electrons. The van der Waals surface area contributed by atoms with Gasteiger partial charge in [0.25, 0.3) is 0 Å². The summed E-state index contributed by atoms with van der Waals surface area (Å²) in [6.07, 6.45) is 3.52. The van der Waals surface area contributed by atoms with Crippen molar-refractivity contribution in [1.29, 1.82) is 0 Å². The Morgan fingerprint density at radius 1 is 1.44 bits per heavy atom.